The molecular formula is C10H10BrNO4. The standard InChI is InChI=1S/C10H10BrNO4/c1-2-6-16-10(13)7-4-3-5-8(9(7)11)12(14)15/h3-5H,2,6H2,1H3. The summed E-state index contributed by atoms with van der Waals surface area (Å²) in [5, 5.41) is 10.6. The van der Waals surface area contributed by atoms with Gasteiger partial charge in [-0.05, 0) is 28.4 Å². The van der Waals surface area contributed by atoms with Gasteiger partial charge in [-0.3, -0.25) is 10.1 Å². The van der Waals surface area contributed by atoms with Gasteiger partial charge in [0.15, 0.2) is 0 Å². The van der Waals surface area contributed by atoms with E-state index in [0.717, 1.165) is 0 Å². The molecule has 0 saturated carbocycles. The Hall–Kier alpha value is -1.43. The predicted molar refractivity (Wildman–Crippen MR) is 61.4 cm³/mol. The van der Waals surface area contributed by atoms with Crippen LogP contribution in [0.1, 0.15) is 23.7 Å². The number of hydrogen-bond acceptors (Lipinski definition) is 4. The van der Waals surface area contributed by atoms with Crippen LogP contribution >= 0.6 is 15.9 Å². The third kappa shape index (κ3) is 2.79. The van der Waals surface area contributed by atoms with Crippen molar-refractivity contribution < 1.29 is 14.5 Å². The Balaban J connectivity index is 3.01. The molecule has 1 rings (SSSR count). The molecule has 0 amide bonds. The summed E-state index contributed by atoms with van der Waals surface area (Å²) in [4.78, 5) is 21.6. The van der Waals surface area contributed by atoms with E-state index in [1.807, 2.05) is 6.92 Å². The van der Waals surface area contributed by atoms with Gasteiger partial charge < -0.3 is 4.74 Å². The van der Waals surface area contributed by atoms with Gasteiger partial charge in [0.05, 0.1) is 17.1 Å². The molecule has 0 N–H and O–H groups in total. The average Bonchev–Trinajstić information content (AvgIpc) is 2.25. The zero-order valence-electron chi connectivity index (χ0n) is 8.60. The molecule has 0 atom stereocenters. The lowest BCUT2D eigenvalue weighted by molar-refractivity contribution is -0.385. The Morgan fingerprint density at radius 2 is 2.25 bits per heavy atom. The number of nitro groups is 1. The quantitative estimate of drug-likeness (QED) is 0.485. The molecular weight excluding hydrogens is 278 g/mol. The van der Waals surface area contributed by atoms with E-state index in [1.54, 1.807) is 0 Å². The predicted octanol–water partition coefficient (Wildman–Crippen LogP) is 2.92. The van der Waals surface area contributed by atoms with Crippen LogP contribution in [0.15, 0.2) is 22.7 Å². The zero-order chi connectivity index (χ0) is 12.1. The normalized spacial score (nSPS) is 9.88. The molecule has 0 unspecified atom stereocenters. The Morgan fingerprint density at radius 3 is 2.81 bits per heavy atom. The molecule has 0 aliphatic heterocycles. The molecule has 0 aliphatic carbocycles. The van der Waals surface area contributed by atoms with E-state index in [1.165, 1.54) is 18.2 Å². The SMILES string of the molecule is CCCOC(=O)c1cccc([N+](=O)[O-])c1Br. The molecule has 1 aromatic rings. The van der Waals surface area contributed by atoms with Crippen LogP contribution in [0.4, 0.5) is 5.69 Å². The number of esters is 1. The Kier molecular flexibility index (Phi) is 4.42. The lowest BCUT2D eigenvalue weighted by Crippen LogP contribution is -2.07. The minimum Gasteiger partial charge on any atom is -0.462 e. The summed E-state index contributed by atoms with van der Waals surface area (Å²) in [7, 11) is 0. The molecule has 0 aromatic heterocycles. The van der Waals surface area contributed by atoms with Crippen molar-refractivity contribution in [3.8, 4) is 0 Å². The van der Waals surface area contributed by atoms with Crippen molar-refractivity contribution in [2.45, 2.75) is 13.3 Å². The van der Waals surface area contributed by atoms with Gasteiger partial charge >= 0.3 is 5.97 Å². The Morgan fingerprint density at radius 1 is 1.56 bits per heavy atom. The highest BCUT2D eigenvalue weighted by Gasteiger charge is 2.19. The number of hydrogen-bond donors (Lipinski definition) is 0. The third-order valence-corrected chi connectivity index (χ3v) is 2.67. The summed E-state index contributed by atoms with van der Waals surface area (Å²) in [6.07, 6.45) is 0.707. The molecule has 0 radical (unpaired) electrons. The Bertz CT molecular complexity index is 419. The zero-order valence-corrected chi connectivity index (χ0v) is 10.2. The second-order valence-electron chi connectivity index (χ2n) is 3.03. The molecule has 1 aromatic carbocycles. The fraction of sp³-hybridized carbons (Fsp3) is 0.300. The number of nitro benzene ring substituents is 1. The second kappa shape index (κ2) is 5.60. The fourth-order valence-corrected chi connectivity index (χ4v) is 1.66. The van der Waals surface area contributed by atoms with Gasteiger partial charge in [-0.25, -0.2) is 4.79 Å². The monoisotopic (exact) mass is 287 g/mol. The summed E-state index contributed by atoms with van der Waals surface area (Å²) >= 11 is 3.03. The van der Waals surface area contributed by atoms with Crippen LogP contribution in [-0.2, 0) is 4.74 Å². The minimum atomic E-state index is -0.558. The summed E-state index contributed by atoms with van der Waals surface area (Å²) in [6, 6.07) is 4.25. The molecule has 0 saturated heterocycles. The summed E-state index contributed by atoms with van der Waals surface area (Å²) in [5.41, 5.74) is 0.0219. The number of nitrogens with zero attached hydrogens (tertiary/aromatic N) is 1. The van der Waals surface area contributed by atoms with Crippen LogP contribution in [0.25, 0.3) is 0 Å². The average molecular weight is 288 g/mol. The highest BCUT2D eigenvalue weighted by atomic mass is 79.9. The second-order valence-corrected chi connectivity index (χ2v) is 3.82. The van der Waals surface area contributed by atoms with Crippen molar-refractivity contribution in [2.75, 3.05) is 6.61 Å². The van der Waals surface area contributed by atoms with Crippen molar-refractivity contribution in [1.82, 2.24) is 0 Å². The third-order valence-electron chi connectivity index (χ3n) is 1.83. The van der Waals surface area contributed by atoms with Crippen molar-refractivity contribution in [3.05, 3.63) is 38.3 Å². The van der Waals surface area contributed by atoms with E-state index in [0.29, 0.717) is 13.0 Å². The van der Waals surface area contributed by atoms with Gasteiger partial charge in [-0.2, -0.15) is 0 Å². The van der Waals surface area contributed by atoms with Crippen molar-refractivity contribution in [2.24, 2.45) is 0 Å². The van der Waals surface area contributed by atoms with E-state index in [2.05, 4.69) is 15.9 Å². The summed E-state index contributed by atoms with van der Waals surface area (Å²) in [5.74, 6) is -0.558. The van der Waals surface area contributed by atoms with Gasteiger partial charge in [0.2, 0.25) is 0 Å². The van der Waals surface area contributed by atoms with Gasteiger partial charge in [0.25, 0.3) is 5.69 Å². The smallest absolute Gasteiger partial charge is 0.339 e. The number of carbonyl (C=O) groups excluding carboxylic acids is 1. The molecule has 86 valence electrons. The van der Waals surface area contributed by atoms with E-state index in [9.17, 15) is 14.9 Å². The highest BCUT2D eigenvalue weighted by molar-refractivity contribution is 9.10. The molecule has 6 heteroatoms. The molecule has 0 heterocycles. The van der Waals surface area contributed by atoms with E-state index < -0.39 is 10.9 Å². The largest absolute Gasteiger partial charge is 0.462 e. The number of benzene rings is 1. The maximum atomic E-state index is 11.5. The van der Waals surface area contributed by atoms with Crippen LogP contribution in [0, 0.1) is 10.1 Å². The highest BCUT2D eigenvalue weighted by Crippen LogP contribution is 2.28. The van der Waals surface area contributed by atoms with E-state index in [4.69, 9.17) is 4.74 Å². The van der Waals surface area contributed by atoms with Crippen LogP contribution in [0.2, 0.25) is 0 Å². The molecule has 0 spiro atoms. The first-order valence-corrected chi connectivity index (χ1v) is 5.47. The maximum Gasteiger partial charge on any atom is 0.339 e. The lowest BCUT2D eigenvalue weighted by Gasteiger charge is -2.05. The van der Waals surface area contributed by atoms with E-state index >= 15 is 0 Å². The Labute approximate surface area is 101 Å². The van der Waals surface area contributed by atoms with Gasteiger partial charge in [0, 0.05) is 6.07 Å². The van der Waals surface area contributed by atoms with Gasteiger partial charge in [-0.15, -0.1) is 0 Å². The van der Waals surface area contributed by atoms with Gasteiger partial charge in [0.1, 0.15) is 4.47 Å². The van der Waals surface area contributed by atoms with Crippen LogP contribution < -0.4 is 0 Å². The fourth-order valence-electron chi connectivity index (χ4n) is 1.09. The van der Waals surface area contributed by atoms with E-state index in [-0.39, 0.29) is 15.7 Å². The number of ether oxygens (including phenoxy) is 1. The molecule has 16 heavy (non-hydrogen) atoms. The maximum absolute atomic E-state index is 11.5. The molecule has 0 fully saturated rings. The molecule has 0 bridgehead atoms. The first kappa shape index (κ1) is 12.6. The topological polar surface area (TPSA) is 69.4 Å². The first-order valence-electron chi connectivity index (χ1n) is 4.68. The van der Waals surface area contributed by atoms with Crippen molar-refractivity contribution in [3.63, 3.8) is 0 Å². The number of halogens is 1. The number of carbonyl (C=O) groups is 1. The van der Waals surface area contributed by atoms with Gasteiger partial charge in [-0.1, -0.05) is 13.0 Å². The van der Waals surface area contributed by atoms with Crippen molar-refractivity contribution in [1.29, 1.82) is 0 Å². The molecule has 5 nitrogen and oxygen atoms in total. The van der Waals surface area contributed by atoms with Crippen LogP contribution in [0.3, 0.4) is 0 Å². The van der Waals surface area contributed by atoms with Crippen LogP contribution in [0.5, 0.6) is 0 Å². The first-order chi connectivity index (χ1) is 7.57. The summed E-state index contributed by atoms with van der Waals surface area (Å²) in [6.45, 7) is 2.17. The molecule has 0 aliphatic rings. The summed E-state index contributed by atoms with van der Waals surface area (Å²) < 4.78 is 5.06. The minimum absolute atomic E-state index is 0.147. The number of rotatable bonds is 4. The van der Waals surface area contributed by atoms with Crippen molar-refractivity contribution >= 4 is 27.6 Å². The van der Waals surface area contributed by atoms with Crippen LogP contribution in [-0.4, -0.2) is 17.5 Å². The lowest BCUT2D eigenvalue weighted by atomic mass is 10.2.